The Kier molecular flexibility index (Phi) is 5.31. The maximum Gasteiger partial charge on any atom is 0.240 e. The Labute approximate surface area is 115 Å². The largest absolute Gasteiger partial charge is 0.477 e. The van der Waals surface area contributed by atoms with Gasteiger partial charge in [0.2, 0.25) is 11.8 Å². The molecule has 0 aliphatic heterocycles. The number of nitrogens with zero attached hydrogens (tertiary/aromatic N) is 1. The van der Waals surface area contributed by atoms with Crippen LogP contribution < -0.4 is 15.2 Å². The van der Waals surface area contributed by atoms with Crippen LogP contribution >= 0.6 is 0 Å². The summed E-state index contributed by atoms with van der Waals surface area (Å²) in [5.41, 5.74) is 6.39. The van der Waals surface area contributed by atoms with Crippen molar-refractivity contribution in [2.75, 3.05) is 18.9 Å². The lowest BCUT2D eigenvalue weighted by molar-refractivity contribution is 0.200. The first-order chi connectivity index (χ1) is 9.29. The second kappa shape index (κ2) is 7.22. The Bertz CT molecular complexity index is 390. The molecule has 0 amide bonds. The number of pyridine rings is 1. The lowest BCUT2D eigenvalue weighted by Gasteiger charge is -2.21. The molecule has 0 aromatic carbocycles. The molecule has 1 aromatic heterocycles. The second-order valence-electron chi connectivity index (χ2n) is 5.21. The third-order valence-corrected chi connectivity index (χ3v) is 3.50. The van der Waals surface area contributed by atoms with E-state index in [1.54, 1.807) is 6.07 Å². The minimum atomic E-state index is 0.489. The van der Waals surface area contributed by atoms with Gasteiger partial charge in [0.1, 0.15) is 0 Å². The zero-order chi connectivity index (χ0) is 13.5. The van der Waals surface area contributed by atoms with E-state index in [4.69, 9.17) is 15.2 Å². The first kappa shape index (κ1) is 14.0. The van der Waals surface area contributed by atoms with Crippen molar-refractivity contribution in [3.05, 3.63) is 12.1 Å². The number of nitrogen functional groups attached to an aromatic ring is 1. The maximum absolute atomic E-state index is 5.83. The highest BCUT2D eigenvalue weighted by atomic mass is 16.5. The fourth-order valence-electron chi connectivity index (χ4n) is 2.39. The van der Waals surface area contributed by atoms with Gasteiger partial charge in [0, 0.05) is 6.07 Å². The molecular formula is C15H24N2O2. The Morgan fingerprint density at radius 3 is 2.74 bits per heavy atom. The fourth-order valence-corrected chi connectivity index (χ4v) is 2.39. The van der Waals surface area contributed by atoms with E-state index < -0.39 is 0 Å². The Morgan fingerprint density at radius 2 is 2.00 bits per heavy atom. The van der Waals surface area contributed by atoms with Gasteiger partial charge in [-0.05, 0) is 31.2 Å². The van der Waals surface area contributed by atoms with Gasteiger partial charge in [-0.1, -0.05) is 26.2 Å². The number of anilines is 1. The van der Waals surface area contributed by atoms with Crippen molar-refractivity contribution in [3.63, 3.8) is 0 Å². The number of nitrogens with two attached hydrogens (primary N) is 1. The molecule has 4 heteroatoms. The van der Waals surface area contributed by atoms with Crippen LogP contribution in [-0.4, -0.2) is 18.2 Å². The number of rotatable bonds is 6. The van der Waals surface area contributed by atoms with Crippen molar-refractivity contribution in [2.24, 2.45) is 5.92 Å². The van der Waals surface area contributed by atoms with Gasteiger partial charge in [-0.3, -0.25) is 0 Å². The molecule has 2 N–H and O–H groups in total. The normalized spacial score (nSPS) is 16.3. The Balaban J connectivity index is 1.88. The molecule has 1 fully saturated rings. The van der Waals surface area contributed by atoms with Crippen molar-refractivity contribution >= 4 is 5.69 Å². The van der Waals surface area contributed by atoms with Gasteiger partial charge in [0.25, 0.3) is 0 Å². The summed E-state index contributed by atoms with van der Waals surface area (Å²) in [5.74, 6) is 1.78. The van der Waals surface area contributed by atoms with E-state index in [0.29, 0.717) is 30.0 Å². The molecule has 19 heavy (non-hydrogen) atoms. The lowest BCUT2D eigenvalue weighted by atomic mass is 9.90. The number of hydrogen-bond acceptors (Lipinski definition) is 4. The van der Waals surface area contributed by atoms with Gasteiger partial charge in [-0.15, -0.1) is 0 Å². The van der Waals surface area contributed by atoms with Crippen molar-refractivity contribution < 1.29 is 9.47 Å². The van der Waals surface area contributed by atoms with Crippen LogP contribution in [0.15, 0.2) is 12.1 Å². The third-order valence-electron chi connectivity index (χ3n) is 3.50. The summed E-state index contributed by atoms with van der Waals surface area (Å²) in [6, 6.07) is 3.62. The quantitative estimate of drug-likeness (QED) is 0.855. The smallest absolute Gasteiger partial charge is 0.240 e. The minimum Gasteiger partial charge on any atom is -0.477 e. The summed E-state index contributed by atoms with van der Waals surface area (Å²) in [6.07, 6.45) is 7.50. The summed E-state index contributed by atoms with van der Waals surface area (Å²) >= 11 is 0. The molecule has 1 heterocycles. The molecule has 1 saturated carbocycles. The van der Waals surface area contributed by atoms with Crippen molar-refractivity contribution in [1.29, 1.82) is 0 Å². The van der Waals surface area contributed by atoms with E-state index in [0.717, 1.165) is 13.0 Å². The molecule has 0 bridgehead atoms. The second-order valence-corrected chi connectivity index (χ2v) is 5.21. The van der Waals surface area contributed by atoms with Crippen LogP contribution in [0.5, 0.6) is 11.8 Å². The van der Waals surface area contributed by atoms with Crippen molar-refractivity contribution in [2.45, 2.75) is 45.4 Å². The van der Waals surface area contributed by atoms with E-state index in [1.165, 1.54) is 32.1 Å². The summed E-state index contributed by atoms with van der Waals surface area (Å²) in [7, 11) is 0. The highest BCUT2D eigenvalue weighted by molar-refractivity contribution is 5.49. The zero-order valence-corrected chi connectivity index (χ0v) is 11.7. The molecule has 1 aliphatic carbocycles. The Hall–Kier alpha value is -1.45. The summed E-state index contributed by atoms with van der Waals surface area (Å²) in [5, 5.41) is 0. The number of ether oxygens (including phenoxy) is 2. The van der Waals surface area contributed by atoms with Crippen LogP contribution in [0.2, 0.25) is 0 Å². The van der Waals surface area contributed by atoms with Gasteiger partial charge in [0.05, 0.1) is 18.9 Å². The first-order valence-electron chi connectivity index (χ1n) is 7.31. The van der Waals surface area contributed by atoms with E-state index >= 15 is 0 Å². The predicted molar refractivity (Wildman–Crippen MR) is 76.5 cm³/mol. The van der Waals surface area contributed by atoms with Crippen molar-refractivity contribution in [3.8, 4) is 11.8 Å². The third kappa shape index (κ3) is 4.30. The van der Waals surface area contributed by atoms with Gasteiger partial charge < -0.3 is 15.2 Å². The van der Waals surface area contributed by atoms with Gasteiger partial charge >= 0.3 is 0 Å². The topological polar surface area (TPSA) is 57.4 Å². The molecule has 0 saturated heterocycles. The van der Waals surface area contributed by atoms with E-state index in [2.05, 4.69) is 11.9 Å². The van der Waals surface area contributed by atoms with Crippen LogP contribution in [0, 0.1) is 5.92 Å². The lowest BCUT2D eigenvalue weighted by Crippen LogP contribution is -2.15. The van der Waals surface area contributed by atoms with Crippen LogP contribution in [0.1, 0.15) is 45.4 Å². The minimum absolute atomic E-state index is 0.489. The van der Waals surface area contributed by atoms with Gasteiger partial charge in [-0.25, -0.2) is 0 Å². The highest BCUT2D eigenvalue weighted by Crippen LogP contribution is 2.26. The van der Waals surface area contributed by atoms with Crippen LogP contribution in [-0.2, 0) is 0 Å². The standard InChI is InChI=1S/C15H24N2O2/c1-2-10-18-15-13(16)8-9-14(17-15)19-11-12-6-4-3-5-7-12/h8-9,12H,2-7,10-11,16H2,1H3. The Morgan fingerprint density at radius 1 is 1.21 bits per heavy atom. The van der Waals surface area contributed by atoms with Crippen LogP contribution in [0.3, 0.4) is 0 Å². The van der Waals surface area contributed by atoms with E-state index in [9.17, 15) is 0 Å². The van der Waals surface area contributed by atoms with Gasteiger partial charge in [0.15, 0.2) is 0 Å². The highest BCUT2D eigenvalue weighted by Gasteiger charge is 2.14. The molecule has 0 atom stereocenters. The number of aromatic nitrogens is 1. The van der Waals surface area contributed by atoms with E-state index in [1.807, 2.05) is 6.07 Å². The summed E-state index contributed by atoms with van der Waals surface area (Å²) in [4.78, 5) is 4.32. The van der Waals surface area contributed by atoms with Crippen LogP contribution in [0.4, 0.5) is 5.69 Å². The summed E-state index contributed by atoms with van der Waals surface area (Å²) < 4.78 is 11.3. The molecule has 0 spiro atoms. The molecule has 2 rings (SSSR count). The average molecular weight is 264 g/mol. The molecule has 106 valence electrons. The van der Waals surface area contributed by atoms with Crippen molar-refractivity contribution in [1.82, 2.24) is 4.98 Å². The fraction of sp³-hybridized carbons (Fsp3) is 0.667. The molecule has 0 radical (unpaired) electrons. The SMILES string of the molecule is CCCOc1nc(OCC2CCCCC2)ccc1N. The molecule has 0 unspecified atom stereocenters. The van der Waals surface area contributed by atoms with Crippen LogP contribution in [0.25, 0.3) is 0 Å². The zero-order valence-electron chi connectivity index (χ0n) is 11.7. The molecule has 1 aromatic rings. The average Bonchev–Trinajstić information content (AvgIpc) is 2.46. The predicted octanol–water partition coefficient (Wildman–Crippen LogP) is 3.41. The molecular weight excluding hydrogens is 240 g/mol. The summed E-state index contributed by atoms with van der Waals surface area (Å²) in [6.45, 7) is 3.44. The number of hydrogen-bond donors (Lipinski definition) is 1. The molecule has 4 nitrogen and oxygen atoms in total. The van der Waals surface area contributed by atoms with E-state index in [-0.39, 0.29) is 0 Å². The van der Waals surface area contributed by atoms with Gasteiger partial charge in [-0.2, -0.15) is 4.98 Å². The monoisotopic (exact) mass is 264 g/mol. The first-order valence-corrected chi connectivity index (χ1v) is 7.31. The maximum atomic E-state index is 5.83. The molecule has 1 aliphatic rings.